The second-order valence-electron chi connectivity index (χ2n) is 6.58. The fourth-order valence-corrected chi connectivity index (χ4v) is 3.39. The number of urea groups is 1. The average molecular weight is 361 g/mol. The van der Waals surface area contributed by atoms with Crippen molar-refractivity contribution in [2.75, 3.05) is 22.9 Å². The van der Waals surface area contributed by atoms with Crippen LogP contribution in [0.3, 0.4) is 0 Å². The molecule has 0 radical (unpaired) electrons. The number of nitrogens with zero attached hydrogens (tertiary/aromatic N) is 2. The number of carbonyl (C=O) groups is 3. The lowest BCUT2D eigenvalue weighted by molar-refractivity contribution is -0.122. The summed E-state index contributed by atoms with van der Waals surface area (Å²) >= 11 is 0. The van der Waals surface area contributed by atoms with Crippen molar-refractivity contribution in [3.63, 3.8) is 0 Å². The Bertz CT molecular complexity index is 913. The van der Waals surface area contributed by atoms with E-state index in [9.17, 15) is 14.4 Å². The molecule has 2 heterocycles. The van der Waals surface area contributed by atoms with Gasteiger partial charge in [-0.25, -0.2) is 9.69 Å². The van der Waals surface area contributed by atoms with Gasteiger partial charge in [0.1, 0.15) is 5.57 Å². The van der Waals surface area contributed by atoms with Gasteiger partial charge < -0.3 is 4.90 Å². The first-order chi connectivity index (χ1) is 13.1. The van der Waals surface area contributed by atoms with Gasteiger partial charge in [-0.1, -0.05) is 30.3 Å². The highest BCUT2D eigenvalue weighted by Gasteiger charge is 2.36. The highest BCUT2D eigenvalue weighted by atomic mass is 16.2. The fraction of sp³-hybridized carbons (Fsp3) is 0.190. The number of carbonyl (C=O) groups excluding carboxylic acids is 3. The second kappa shape index (κ2) is 7.07. The zero-order valence-corrected chi connectivity index (χ0v) is 14.7. The minimum Gasteiger partial charge on any atom is -0.372 e. The van der Waals surface area contributed by atoms with E-state index in [4.69, 9.17) is 0 Å². The summed E-state index contributed by atoms with van der Waals surface area (Å²) in [7, 11) is 0. The predicted molar refractivity (Wildman–Crippen MR) is 103 cm³/mol. The predicted octanol–water partition coefficient (Wildman–Crippen LogP) is 2.95. The quantitative estimate of drug-likeness (QED) is 0.674. The van der Waals surface area contributed by atoms with Crippen LogP contribution in [0.2, 0.25) is 0 Å². The Kier molecular flexibility index (Phi) is 4.46. The lowest BCUT2D eigenvalue weighted by Crippen LogP contribution is -2.54. The summed E-state index contributed by atoms with van der Waals surface area (Å²) in [5, 5.41) is 2.24. The van der Waals surface area contributed by atoms with Gasteiger partial charge in [-0.3, -0.25) is 14.9 Å². The van der Waals surface area contributed by atoms with Crippen LogP contribution >= 0.6 is 0 Å². The largest absolute Gasteiger partial charge is 0.372 e. The van der Waals surface area contributed by atoms with E-state index in [-0.39, 0.29) is 5.57 Å². The monoisotopic (exact) mass is 361 g/mol. The molecule has 2 aromatic rings. The maximum Gasteiger partial charge on any atom is 0.335 e. The molecule has 6 nitrogen and oxygen atoms in total. The molecule has 136 valence electrons. The summed E-state index contributed by atoms with van der Waals surface area (Å²) < 4.78 is 0. The molecule has 2 aliphatic rings. The Labute approximate surface area is 157 Å². The van der Waals surface area contributed by atoms with Crippen LogP contribution in [-0.4, -0.2) is 30.9 Å². The average Bonchev–Trinajstić information content (AvgIpc) is 3.21. The fourth-order valence-electron chi connectivity index (χ4n) is 3.39. The van der Waals surface area contributed by atoms with Crippen molar-refractivity contribution in [3.05, 3.63) is 65.7 Å². The molecule has 0 saturated carbocycles. The first kappa shape index (κ1) is 17.0. The molecule has 4 rings (SSSR count). The Morgan fingerprint density at radius 1 is 0.815 bits per heavy atom. The molecule has 4 amide bonds. The Balaban J connectivity index is 1.62. The molecule has 2 fully saturated rings. The molecule has 2 saturated heterocycles. The van der Waals surface area contributed by atoms with E-state index in [0.717, 1.165) is 29.2 Å². The number of rotatable bonds is 3. The van der Waals surface area contributed by atoms with Crippen LogP contribution in [-0.2, 0) is 9.59 Å². The van der Waals surface area contributed by atoms with E-state index < -0.39 is 17.8 Å². The molecule has 0 spiro atoms. The van der Waals surface area contributed by atoms with Crippen molar-refractivity contribution in [3.8, 4) is 0 Å². The summed E-state index contributed by atoms with van der Waals surface area (Å²) in [6, 6.07) is 15.5. The minimum atomic E-state index is -0.738. The van der Waals surface area contributed by atoms with Crippen molar-refractivity contribution in [1.29, 1.82) is 0 Å². The smallest absolute Gasteiger partial charge is 0.335 e. The van der Waals surface area contributed by atoms with Crippen LogP contribution in [0.5, 0.6) is 0 Å². The van der Waals surface area contributed by atoms with Crippen molar-refractivity contribution in [2.45, 2.75) is 12.8 Å². The van der Waals surface area contributed by atoms with E-state index in [0.29, 0.717) is 5.69 Å². The Morgan fingerprint density at radius 3 is 2.15 bits per heavy atom. The number of hydrogen-bond donors (Lipinski definition) is 1. The summed E-state index contributed by atoms with van der Waals surface area (Å²) in [4.78, 5) is 40.4. The van der Waals surface area contributed by atoms with Gasteiger partial charge >= 0.3 is 6.03 Å². The third kappa shape index (κ3) is 3.33. The van der Waals surface area contributed by atoms with E-state index in [1.165, 1.54) is 18.9 Å². The molecule has 1 N–H and O–H groups in total. The maximum atomic E-state index is 12.8. The lowest BCUT2D eigenvalue weighted by atomic mass is 10.1. The lowest BCUT2D eigenvalue weighted by Gasteiger charge is -2.26. The number of benzene rings is 2. The standard InChI is InChI=1S/C21H19N3O3/c25-19-18(14-15-8-10-16(11-9-15)23-12-4-5-13-23)20(26)24(21(27)22-19)17-6-2-1-3-7-17/h1-3,6-11,14H,4-5,12-13H2,(H,22,25,27)/b18-14-. The molecule has 0 bridgehead atoms. The van der Waals surface area contributed by atoms with Gasteiger partial charge in [0.25, 0.3) is 11.8 Å². The molecule has 27 heavy (non-hydrogen) atoms. The van der Waals surface area contributed by atoms with Crippen molar-refractivity contribution >= 4 is 35.3 Å². The van der Waals surface area contributed by atoms with Gasteiger partial charge in [0.2, 0.25) is 0 Å². The highest BCUT2D eigenvalue weighted by molar-refractivity contribution is 6.39. The van der Waals surface area contributed by atoms with E-state index >= 15 is 0 Å². The molecule has 0 aromatic heterocycles. The molecule has 0 aliphatic carbocycles. The van der Waals surface area contributed by atoms with Crippen LogP contribution < -0.4 is 15.1 Å². The van der Waals surface area contributed by atoms with Gasteiger partial charge in [0, 0.05) is 18.8 Å². The molecule has 2 aromatic carbocycles. The molecule has 0 atom stereocenters. The molecule has 6 heteroatoms. The first-order valence-electron chi connectivity index (χ1n) is 8.95. The van der Waals surface area contributed by atoms with Gasteiger partial charge in [-0.15, -0.1) is 0 Å². The molecular weight excluding hydrogens is 342 g/mol. The van der Waals surface area contributed by atoms with Crippen molar-refractivity contribution in [1.82, 2.24) is 5.32 Å². The second-order valence-corrected chi connectivity index (χ2v) is 6.58. The normalized spacial score (nSPS) is 19.0. The number of para-hydroxylation sites is 1. The number of barbiturate groups is 1. The number of amides is 4. The Morgan fingerprint density at radius 2 is 1.48 bits per heavy atom. The highest BCUT2D eigenvalue weighted by Crippen LogP contribution is 2.24. The van der Waals surface area contributed by atoms with E-state index in [1.807, 2.05) is 24.3 Å². The molecule has 0 unspecified atom stereocenters. The van der Waals surface area contributed by atoms with Gasteiger partial charge in [-0.2, -0.15) is 0 Å². The Hall–Kier alpha value is -3.41. The molecular formula is C21H19N3O3. The third-order valence-corrected chi connectivity index (χ3v) is 4.79. The molecule has 2 aliphatic heterocycles. The topological polar surface area (TPSA) is 69.7 Å². The van der Waals surface area contributed by atoms with Crippen LogP contribution in [0.4, 0.5) is 16.2 Å². The van der Waals surface area contributed by atoms with Crippen molar-refractivity contribution in [2.24, 2.45) is 0 Å². The summed E-state index contributed by atoms with van der Waals surface area (Å²) in [5.41, 5.74) is 2.23. The van der Waals surface area contributed by atoms with E-state index in [1.54, 1.807) is 30.3 Å². The van der Waals surface area contributed by atoms with Crippen molar-refractivity contribution < 1.29 is 14.4 Å². The van der Waals surface area contributed by atoms with Crippen LogP contribution in [0.15, 0.2) is 60.2 Å². The van der Waals surface area contributed by atoms with Gasteiger partial charge in [0.15, 0.2) is 0 Å². The maximum absolute atomic E-state index is 12.8. The zero-order valence-electron chi connectivity index (χ0n) is 14.7. The summed E-state index contributed by atoms with van der Waals surface area (Å²) in [6.45, 7) is 2.10. The minimum absolute atomic E-state index is 0.0626. The van der Waals surface area contributed by atoms with Crippen LogP contribution in [0, 0.1) is 0 Å². The number of nitrogens with one attached hydrogen (secondary N) is 1. The van der Waals surface area contributed by atoms with E-state index in [2.05, 4.69) is 10.2 Å². The number of hydrogen-bond acceptors (Lipinski definition) is 4. The summed E-state index contributed by atoms with van der Waals surface area (Å²) in [6.07, 6.45) is 3.92. The zero-order chi connectivity index (χ0) is 18.8. The summed E-state index contributed by atoms with van der Waals surface area (Å²) in [5.74, 6) is -1.31. The number of anilines is 2. The van der Waals surface area contributed by atoms with Crippen LogP contribution in [0.25, 0.3) is 6.08 Å². The first-order valence-corrected chi connectivity index (χ1v) is 8.95. The third-order valence-electron chi connectivity index (χ3n) is 4.79. The van der Waals surface area contributed by atoms with Gasteiger partial charge in [0.05, 0.1) is 5.69 Å². The number of imide groups is 2. The van der Waals surface area contributed by atoms with Crippen LogP contribution in [0.1, 0.15) is 18.4 Å². The van der Waals surface area contributed by atoms with Gasteiger partial charge in [-0.05, 0) is 48.7 Å². The SMILES string of the molecule is O=C1NC(=O)N(c2ccccc2)C(=O)/C1=C\c1ccc(N2CCCC2)cc1.